The van der Waals surface area contributed by atoms with Crippen molar-refractivity contribution in [3.63, 3.8) is 0 Å². The monoisotopic (exact) mass is 380 g/mol. The lowest BCUT2D eigenvalue weighted by atomic mass is 10.2. The van der Waals surface area contributed by atoms with Gasteiger partial charge in [0.05, 0.1) is 30.0 Å². The van der Waals surface area contributed by atoms with E-state index >= 15 is 0 Å². The van der Waals surface area contributed by atoms with Crippen LogP contribution in [0.1, 0.15) is 12.8 Å². The normalized spacial score (nSPS) is 21.3. The number of rotatable bonds is 6. The van der Waals surface area contributed by atoms with Crippen molar-refractivity contribution in [1.29, 1.82) is 0 Å². The summed E-state index contributed by atoms with van der Waals surface area (Å²) >= 11 is 6.31. The smallest absolute Gasteiger partial charge is 0.193 e. The highest BCUT2D eigenvalue weighted by molar-refractivity contribution is 6.33. The van der Waals surface area contributed by atoms with Crippen LogP contribution in [0.4, 0.5) is 5.69 Å². The highest BCUT2D eigenvalue weighted by Crippen LogP contribution is 2.25. The van der Waals surface area contributed by atoms with Crippen LogP contribution in [-0.2, 0) is 9.47 Å². The quantitative estimate of drug-likeness (QED) is 0.466. The number of guanidine groups is 1. The maximum Gasteiger partial charge on any atom is 0.193 e. The van der Waals surface area contributed by atoms with E-state index in [1.165, 1.54) is 0 Å². The van der Waals surface area contributed by atoms with Gasteiger partial charge in [-0.3, -0.25) is 4.99 Å². The van der Waals surface area contributed by atoms with Crippen LogP contribution in [0.5, 0.6) is 0 Å². The Hall–Kier alpha value is -1.50. The van der Waals surface area contributed by atoms with Gasteiger partial charge in [0.2, 0.25) is 0 Å². The third-order valence-electron chi connectivity index (χ3n) is 4.84. The summed E-state index contributed by atoms with van der Waals surface area (Å²) < 4.78 is 11.3. The molecule has 0 spiro atoms. The number of piperazine rings is 1. The molecule has 0 amide bonds. The molecule has 1 atom stereocenters. The van der Waals surface area contributed by atoms with Crippen LogP contribution in [0.25, 0.3) is 0 Å². The molecular formula is C19H29ClN4O2. The Morgan fingerprint density at radius 3 is 2.81 bits per heavy atom. The summed E-state index contributed by atoms with van der Waals surface area (Å²) in [5, 5.41) is 4.21. The second-order valence-corrected chi connectivity index (χ2v) is 7.02. The molecule has 26 heavy (non-hydrogen) atoms. The zero-order valence-corrected chi connectivity index (χ0v) is 16.2. The Morgan fingerprint density at radius 1 is 1.31 bits per heavy atom. The van der Waals surface area contributed by atoms with E-state index in [0.717, 1.165) is 68.8 Å². The topological polar surface area (TPSA) is 49.3 Å². The van der Waals surface area contributed by atoms with E-state index in [1.807, 2.05) is 25.2 Å². The van der Waals surface area contributed by atoms with Gasteiger partial charge in [-0.05, 0) is 25.0 Å². The number of aliphatic imine (C=N–C) groups is 1. The molecule has 0 radical (unpaired) electrons. The summed E-state index contributed by atoms with van der Waals surface area (Å²) in [6, 6.07) is 8.02. The molecule has 2 aliphatic rings. The van der Waals surface area contributed by atoms with Gasteiger partial charge >= 0.3 is 0 Å². The largest absolute Gasteiger partial charge is 0.377 e. The van der Waals surface area contributed by atoms with Gasteiger partial charge in [0.1, 0.15) is 0 Å². The highest BCUT2D eigenvalue weighted by atomic mass is 35.5. The van der Waals surface area contributed by atoms with Gasteiger partial charge in [-0.15, -0.1) is 0 Å². The zero-order chi connectivity index (χ0) is 18.2. The van der Waals surface area contributed by atoms with Crippen molar-refractivity contribution >= 4 is 23.2 Å². The van der Waals surface area contributed by atoms with E-state index in [-0.39, 0.29) is 6.10 Å². The molecule has 1 unspecified atom stereocenters. The van der Waals surface area contributed by atoms with Gasteiger partial charge in [0, 0.05) is 46.4 Å². The minimum absolute atomic E-state index is 0.284. The van der Waals surface area contributed by atoms with Crippen LogP contribution in [0.2, 0.25) is 5.02 Å². The van der Waals surface area contributed by atoms with Crippen molar-refractivity contribution in [3.05, 3.63) is 29.3 Å². The summed E-state index contributed by atoms with van der Waals surface area (Å²) in [6.07, 6.45) is 2.55. The second-order valence-electron chi connectivity index (χ2n) is 6.61. The number of anilines is 1. The maximum atomic E-state index is 6.31. The highest BCUT2D eigenvalue weighted by Gasteiger charge is 2.21. The SMILES string of the molecule is CN=C(NCCOCC1CCCO1)N1CCN(c2ccccc2Cl)CC1. The number of para-hydroxylation sites is 1. The fourth-order valence-corrected chi connectivity index (χ4v) is 3.68. The van der Waals surface area contributed by atoms with Gasteiger partial charge < -0.3 is 24.6 Å². The Balaban J connectivity index is 1.37. The first-order valence-corrected chi connectivity index (χ1v) is 9.80. The lowest BCUT2D eigenvalue weighted by Gasteiger charge is -2.38. The number of hydrogen-bond donors (Lipinski definition) is 1. The third-order valence-corrected chi connectivity index (χ3v) is 5.16. The lowest BCUT2D eigenvalue weighted by Crippen LogP contribution is -2.53. The molecule has 2 aliphatic heterocycles. The number of benzene rings is 1. The van der Waals surface area contributed by atoms with Crippen molar-refractivity contribution in [2.75, 3.05) is 64.5 Å². The average molecular weight is 381 g/mol. The van der Waals surface area contributed by atoms with Crippen LogP contribution in [0.15, 0.2) is 29.3 Å². The van der Waals surface area contributed by atoms with Crippen molar-refractivity contribution in [3.8, 4) is 0 Å². The Labute approximate surface area is 161 Å². The fourth-order valence-electron chi connectivity index (χ4n) is 3.43. The first-order chi connectivity index (χ1) is 12.8. The minimum atomic E-state index is 0.284. The van der Waals surface area contributed by atoms with E-state index in [0.29, 0.717) is 13.2 Å². The zero-order valence-electron chi connectivity index (χ0n) is 15.5. The summed E-state index contributed by atoms with van der Waals surface area (Å²) in [5.74, 6) is 0.935. The van der Waals surface area contributed by atoms with Gasteiger partial charge in [0.15, 0.2) is 5.96 Å². The summed E-state index contributed by atoms with van der Waals surface area (Å²) in [6.45, 7) is 6.68. The third kappa shape index (κ3) is 5.25. The fraction of sp³-hybridized carbons (Fsp3) is 0.632. The number of nitrogens with zero attached hydrogens (tertiary/aromatic N) is 3. The molecule has 2 fully saturated rings. The minimum Gasteiger partial charge on any atom is -0.377 e. The molecule has 1 aromatic carbocycles. The number of halogens is 1. The van der Waals surface area contributed by atoms with Gasteiger partial charge in [-0.1, -0.05) is 23.7 Å². The molecule has 3 rings (SSSR count). The van der Waals surface area contributed by atoms with Crippen LogP contribution < -0.4 is 10.2 Å². The van der Waals surface area contributed by atoms with E-state index in [9.17, 15) is 0 Å². The Bertz CT molecular complexity index is 585. The first kappa shape index (κ1) is 19.3. The lowest BCUT2D eigenvalue weighted by molar-refractivity contribution is 0.0190. The molecule has 6 nitrogen and oxygen atoms in total. The maximum absolute atomic E-state index is 6.31. The summed E-state index contributed by atoms with van der Waals surface area (Å²) in [7, 11) is 1.83. The second kappa shape index (κ2) is 10.00. The molecule has 0 aliphatic carbocycles. The summed E-state index contributed by atoms with van der Waals surface area (Å²) in [5.41, 5.74) is 1.11. The predicted molar refractivity (Wildman–Crippen MR) is 106 cm³/mol. The van der Waals surface area contributed by atoms with Gasteiger partial charge in [-0.25, -0.2) is 0 Å². The van der Waals surface area contributed by atoms with Crippen LogP contribution in [0, 0.1) is 0 Å². The molecule has 2 heterocycles. The molecule has 144 valence electrons. The molecule has 0 saturated carbocycles. The molecule has 1 aromatic rings. The molecule has 7 heteroatoms. The van der Waals surface area contributed by atoms with E-state index in [1.54, 1.807) is 0 Å². The molecule has 1 N–H and O–H groups in total. The van der Waals surface area contributed by atoms with E-state index < -0.39 is 0 Å². The van der Waals surface area contributed by atoms with Crippen molar-refractivity contribution in [1.82, 2.24) is 10.2 Å². The predicted octanol–water partition coefficient (Wildman–Crippen LogP) is 2.23. The number of ether oxygens (including phenoxy) is 2. The molecular weight excluding hydrogens is 352 g/mol. The standard InChI is InChI=1S/C19H29ClN4O2/c1-21-19(22-8-14-25-15-16-5-4-13-26-16)24-11-9-23(10-12-24)18-7-3-2-6-17(18)20/h2-3,6-7,16H,4-5,8-15H2,1H3,(H,21,22). The van der Waals surface area contributed by atoms with E-state index in [4.69, 9.17) is 21.1 Å². The molecule has 0 aromatic heterocycles. The van der Waals surface area contributed by atoms with Crippen LogP contribution >= 0.6 is 11.6 Å². The van der Waals surface area contributed by atoms with Crippen molar-refractivity contribution < 1.29 is 9.47 Å². The first-order valence-electron chi connectivity index (χ1n) is 9.42. The van der Waals surface area contributed by atoms with Gasteiger partial charge in [0.25, 0.3) is 0 Å². The van der Waals surface area contributed by atoms with Crippen LogP contribution in [-0.4, -0.2) is 76.6 Å². The molecule has 0 bridgehead atoms. The summed E-state index contributed by atoms with van der Waals surface area (Å²) in [4.78, 5) is 9.02. The van der Waals surface area contributed by atoms with Crippen molar-refractivity contribution in [2.24, 2.45) is 4.99 Å². The van der Waals surface area contributed by atoms with Crippen molar-refractivity contribution in [2.45, 2.75) is 18.9 Å². The Kier molecular flexibility index (Phi) is 7.41. The Morgan fingerprint density at radius 2 is 2.12 bits per heavy atom. The number of nitrogens with one attached hydrogen (secondary N) is 1. The number of hydrogen-bond acceptors (Lipinski definition) is 4. The van der Waals surface area contributed by atoms with Gasteiger partial charge in [-0.2, -0.15) is 0 Å². The van der Waals surface area contributed by atoms with E-state index in [2.05, 4.69) is 26.2 Å². The molecule has 2 saturated heterocycles. The average Bonchev–Trinajstić information content (AvgIpc) is 3.19. The van der Waals surface area contributed by atoms with Crippen LogP contribution in [0.3, 0.4) is 0 Å².